The molecule has 0 saturated heterocycles. The summed E-state index contributed by atoms with van der Waals surface area (Å²) in [4.78, 5) is 15.8. The van der Waals surface area contributed by atoms with Gasteiger partial charge in [0.05, 0.1) is 23.5 Å². The van der Waals surface area contributed by atoms with Gasteiger partial charge in [0.25, 0.3) is 0 Å². The van der Waals surface area contributed by atoms with E-state index in [2.05, 4.69) is 9.72 Å². The molecule has 0 bridgehead atoms. The molecule has 0 aliphatic heterocycles. The van der Waals surface area contributed by atoms with Gasteiger partial charge in [-0.05, 0) is 47.2 Å². The van der Waals surface area contributed by atoms with Crippen LogP contribution in [0.2, 0.25) is 5.02 Å². The van der Waals surface area contributed by atoms with E-state index < -0.39 is 5.97 Å². The van der Waals surface area contributed by atoms with Crippen molar-refractivity contribution in [3.8, 4) is 11.3 Å². The molecule has 21 heavy (non-hydrogen) atoms. The van der Waals surface area contributed by atoms with E-state index in [1.165, 1.54) is 13.2 Å². The number of hydrogen-bond donors (Lipinski definition) is 1. The van der Waals surface area contributed by atoms with Crippen LogP contribution in [0.25, 0.3) is 11.3 Å². The fourth-order valence-electron chi connectivity index (χ4n) is 1.85. The second-order valence-corrected chi connectivity index (χ2v) is 5.82. The van der Waals surface area contributed by atoms with Crippen molar-refractivity contribution in [3.63, 3.8) is 0 Å². The Morgan fingerprint density at radius 2 is 2.14 bits per heavy atom. The van der Waals surface area contributed by atoms with Gasteiger partial charge in [-0.3, -0.25) is 0 Å². The molecule has 0 aliphatic carbocycles. The first-order chi connectivity index (χ1) is 9.86. The van der Waals surface area contributed by atoms with E-state index in [1.54, 1.807) is 19.1 Å². The summed E-state index contributed by atoms with van der Waals surface area (Å²) >= 11 is 7.86. The average Bonchev–Trinajstić information content (AvgIpc) is 2.47. The van der Waals surface area contributed by atoms with Crippen LogP contribution in [-0.2, 0) is 4.74 Å². The molecule has 1 aromatic heterocycles. The lowest BCUT2D eigenvalue weighted by Gasteiger charge is -2.11. The molecule has 0 spiro atoms. The summed E-state index contributed by atoms with van der Waals surface area (Å²) in [6.07, 6.45) is 0. The van der Waals surface area contributed by atoms with Crippen LogP contribution in [0, 0.1) is 16.3 Å². The van der Waals surface area contributed by atoms with E-state index >= 15 is 0 Å². The fraction of sp³-hybridized carbons (Fsp3) is 0.143. The SMILES string of the molecule is COC(=O)c1nc(-c2ccc(I)c(F)c2C)cc(N)c1Cl. The van der Waals surface area contributed by atoms with E-state index in [1.807, 2.05) is 22.6 Å². The van der Waals surface area contributed by atoms with Gasteiger partial charge in [0.2, 0.25) is 0 Å². The Morgan fingerprint density at radius 3 is 2.76 bits per heavy atom. The molecule has 0 unspecified atom stereocenters. The number of rotatable bonds is 2. The number of methoxy groups -OCH3 is 1. The lowest BCUT2D eigenvalue weighted by atomic mass is 10.0. The first-order valence-corrected chi connectivity index (χ1v) is 7.31. The number of ether oxygens (including phenoxy) is 1. The van der Waals surface area contributed by atoms with Gasteiger partial charge in [0, 0.05) is 9.13 Å². The zero-order chi connectivity index (χ0) is 15.7. The van der Waals surface area contributed by atoms with Crippen LogP contribution in [0.4, 0.5) is 10.1 Å². The number of aromatic nitrogens is 1. The van der Waals surface area contributed by atoms with Crippen molar-refractivity contribution in [2.45, 2.75) is 6.92 Å². The van der Waals surface area contributed by atoms with E-state index in [0.717, 1.165) is 0 Å². The maximum atomic E-state index is 14.0. The number of carbonyl (C=O) groups is 1. The highest BCUT2D eigenvalue weighted by Crippen LogP contribution is 2.31. The first kappa shape index (κ1) is 16.0. The number of nitrogen functional groups attached to an aromatic ring is 1. The minimum Gasteiger partial charge on any atom is -0.464 e. The molecule has 1 heterocycles. The van der Waals surface area contributed by atoms with Gasteiger partial charge in [-0.15, -0.1) is 0 Å². The van der Waals surface area contributed by atoms with Crippen molar-refractivity contribution >= 4 is 45.8 Å². The number of nitrogens with zero attached hydrogens (tertiary/aromatic N) is 1. The molecule has 110 valence electrons. The van der Waals surface area contributed by atoms with Gasteiger partial charge in [0.15, 0.2) is 5.69 Å². The van der Waals surface area contributed by atoms with Crippen molar-refractivity contribution in [2.75, 3.05) is 12.8 Å². The topological polar surface area (TPSA) is 65.2 Å². The molecule has 0 atom stereocenters. The van der Waals surface area contributed by atoms with Crippen LogP contribution >= 0.6 is 34.2 Å². The van der Waals surface area contributed by atoms with Crippen LogP contribution < -0.4 is 5.73 Å². The molecule has 1 aromatic carbocycles. The molecule has 2 rings (SSSR count). The number of hydrogen-bond acceptors (Lipinski definition) is 4. The molecule has 0 radical (unpaired) electrons. The number of nitrogens with two attached hydrogens (primary N) is 1. The first-order valence-electron chi connectivity index (χ1n) is 5.86. The van der Waals surface area contributed by atoms with Crippen molar-refractivity contribution in [1.82, 2.24) is 4.98 Å². The van der Waals surface area contributed by atoms with Crippen LogP contribution in [-0.4, -0.2) is 18.1 Å². The van der Waals surface area contributed by atoms with Crippen molar-refractivity contribution in [2.24, 2.45) is 0 Å². The Hall–Kier alpha value is -1.41. The van der Waals surface area contributed by atoms with Crippen LogP contribution in [0.3, 0.4) is 0 Å². The summed E-state index contributed by atoms with van der Waals surface area (Å²) in [7, 11) is 1.22. The third-order valence-corrected chi connectivity index (χ3v) is 4.21. The summed E-state index contributed by atoms with van der Waals surface area (Å²) in [6.45, 7) is 1.64. The van der Waals surface area contributed by atoms with Crippen LogP contribution in [0.5, 0.6) is 0 Å². The molecular weight excluding hydrogens is 410 g/mol. The summed E-state index contributed by atoms with van der Waals surface area (Å²) < 4.78 is 19.1. The summed E-state index contributed by atoms with van der Waals surface area (Å²) in [5, 5.41) is 0.0224. The lowest BCUT2D eigenvalue weighted by Crippen LogP contribution is -2.08. The third kappa shape index (κ3) is 2.96. The van der Waals surface area contributed by atoms with Crippen molar-refractivity contribution in [3.05, 3.63) is 43.9 Å². The average molecular weight is 421 g/mol. The fourth-order valence-corrected chi connectivity index (χ4v) is 2.61. The van der Waals surface area contributed by atoms with Gasteiger partial charge in [-0.2, -0.15) is 0 Å². The maximum absolute atomic E-state index is 14.0. The molecule has 4 nitrogen and oxygen atoms in total. The normalized spacial score (nSPS) is 10.5. The Balaban J connectivity index is 2.68. The van der Waals surface area contributed by atoms with E-state index in [-0.39, 0.29) is 22.2 Å². The van der Waals surface area contributed by atoms with E-state index in [9.17, 15) is 9.18 Å². The molecule has 2 aromatic rings. The smallest absolute Gasteiger partial charge is 0.358 e. The number of benzene rings is 1. The zero-order valence-corrected chi connectivity index (χ0v) is 14.1. The number of anilines is 1. The number of pyridine rings is 1. The second-order valence-electron chi connectivity index (χ2n) is 4.28. The Morgan fingerprint density at radius 1 is 1.48 bits per heavy atom. The standard InChI is InChI=1S/C14H11ClFIN2O2/c1-6-7(3-4-8(17)12(6)16)10-5-9(18)11(15)13(19-10)14(20)21-2/h3-5H,1-2H3,(H2,18,19). The molecule has 7 heteroatoms. The zero-order valence-electron chi connectivity index (χ0n) is 11.2. The summed E-state index contributed by atoms with van der Waals surface area (Å²) in [6, 6.07) is 4.85. The molecule has 0 amide bonds. The summed E-state index contributed by atoms with van der Waals surface area (Å²) in [5.74, 6) is -1.03. The minimum absolute atomic E-state index is 0.0224. The van der Waals surface area contributed by atoms with E-state index in [0.29, 0.717) is 20.4 Å². The molecule has 2 N–H and O–H groups in total. The lowest BCUT2D eigenvalue weighted by molar-refractivity contribution is 0.0594. The Labute approximate surface area is 139 Å². The summed E-state index contributed by atoms with van der Waals surface area (Å²) in [5.41, 5.74) is 7.22. The van der Waals surface area contributed by atoms with Crippen molar-refractivity contribution < 1.29 is 13.9 Å². The van der Waals surface area contributed by atoms with Gasteiger partial charge < -0.3 is 10.5 Å². The monoisotopic (exact) mass is 420 g/mol. The molecular formula is C14H11ClFIN2O2. The Bertz CT molecular complexity index is 737. The molecule has 0 aliphatic rings. The van der Waals surface area contributed by atoms with Gasteiger partial charge >= 0.3 is 5.97 Å². The highest BCUT2D eigenvalue weighted by atomic mass is 127. The maximum Gasteiger partial charge on any atom is 0.358 e. The minimum atomic E-state index is -0.697. The number of halogens is 3. The van der Waals surface area contributed by atoms with Gasteiger partial charge in [0.1, 0.15) is 5.82 Å². The van der Waals surface area contributed by atoms with Crippen LogP contribution in [0.1, 0.15) is 16.1 Å². The van der Waals surface area contributed by atoms with Gasteiger partial charge in [-0.25, -0.2) is 14.2 Å². The van der Waals surface area contributed by atoms with Crippen molar-refractivity contribution in [1.29, 1.82) is 0 Å². The highest BCUT2D eigenvalue weighted by Gasteiger charge is 2.19. The third-order valence-electron chi connectivity index (χ3n) is 2.98. The number of carbonyl (C=O) groups excluding carboxylic acids is 1. The second kappa shape index (κ2) is 6.15. The highest BCUT2D eigenvalue weighted by molar-refractivity contribution is 14.1. The quantitative estimate of drug-likeness (QED) is 0.592. The van der Waals surface area contributed by atoms with E-state index in [4.69, 9.17) is 17.3 Å². The Kier molecular flexibility index (Phi) is 4.67. The van der Waals surface area contributed by atoms with Gasteiger partial charge in [-0.1, -0.05) is 17.7 Å². The molecule has 0 fully saturated rings. The number of esters is 1. The molecule has 0 saturated carbocycles. The largest absolute Gasteiger partial charge is 0.464 e. The predicted molar refractivity (Wildman–Crippen MR) is 87.8 cm³/mol. The van der Waals surface area contributed by atoms with Crippen LogP contribution in [0.15, 0.2) is 18.2 Å². The predicted octanol–water partition coefficient (Wildman–Crippen LogP) is 3.82.